The highest BCUT2D eigenvalue weighted by Crippen LogP contribution is 2.44. The van der Waals surface area contributed by atoms with E-state index in [4.69, 9.17) is 9.47 Å². The summed E-state index contributed by atoms with van der Waals surface area (Å²) in [7, 11) is 0. The van der Waals surface area contributed by atoms with E-state index in [0.29, 0.717) is 42.6 Å². The predicted molar refractivity (Wildman–Crippen MR) is 139 cm³/mol. The molecule has 1 saturated heterocycles. The van der Waals surface area contributed by atoms with Gasteiger partial charge in [0.2, 0.25) is 0 Å². The van der Waals surface area contributed by atoms with Crippen LogP contribution in [0.2, 0.25) is 0 Å². The van der Waals surface area contributed by atoms with Crippen LogP contribution in [-0.2, 0) is 9.47 Å². The molecule has 2 unspecified atom stereocenters. The van der Waals surface area contributed by atoms with E-state index in [1.54, 1.807) is 12.1 Å². The molecule has 1 aromatic rings. The predicted octanol–water partition coefficient (Wildman–Crippen LogP) is 9.46. The van der Waals surface area contributed by atoms with Crippen LogP contribution >= 0.6 is 0 Å². The number of hydrogen-bond donors (Lipinski definition) is 0. The molecular weight excluding hydrogens is 461 g/mol. The first-order chi connectivity index (χ1) is 17.5. The lowest BCUT2D eigenvalue weighted by molar-refractivity contribution is -0.0420. The van der Waals surface area contributed by atoms with Gasteiger partial charge in [0.15, 0.2) is 0 Å². The summed E-state index contributed by atoms with van der Waals surface area (Å²) in [5.41, 5.74) is 0.415. The normalized spacial score (nSPS) is 31.8. The summed E-state index contributed by atoms with van der Waals surface area (Å²) in [4.78, 5) is 0. The van der Waals surface area contributed by atoms with Crippen molar-refractivity contribution in [2.45, 2.75) is 115 Å². The lowest BCUT2D eigenvalue weighted by atomic mass is 9.72. The van der Waals surface area contributed by atoms with E-state index < -0.39 is 23.9 Å². The Labute approximate surface area is 216 Å². The van der Waals surface area contributed by atoms with Gasteiger partial charge in [0.25, 0.3) is 6.43 Å². The number of benzene rings is 1. The largest absolute Gasteiger partial charge is 0.379 e. The molecule has 0 N–H and O–H groups in total. The minimum atomic E-state index is -2.82. The maximum Gasteiger partial charge on any atom is 0.266 e. The van der Waals surface area contributed by atoms with E-state index >= 15 is 4.39 Å². The second-order valence-electron chi connectivity index (χ2n) is 11.3. The van der Waals surface area contributed by atoms with Gasteiger partial charge in [-0.2, -0.15) is 0 Å². The Hall–Kier alpha value is -1.33. The van der Waals surface area contributed by atoms with Crippen molar-refractivity contribution >= 4 is 0 Å². The van der Waals surface area contributed by atoms with Crippen molar-refractivity contribution in [3.8, 4) is 0 Å². The zero-order valence-electron chi connectivity index (χ0n) is 22.2. The van der Waals surface area contributed by atoms with Gasteiger partial charge in [-0.25, -0.2) is 13.2 Å². The van der Waals surface area contributed by atoms with E-state index in [1.165, 1.54) is 38.5 Å². The summed E-state index contributed by atoms with van der Waals surface area (Å²) in [6.07, 6.45) is 13.8. The highest BCUT2D eigenvalue weighted by Gasteiger charge is 2.35. The topological polar surface area (TPSA) is 18.5 Å². The fourth-order valence-corrected chi connectivity index (χ4v) is 7.06. The third kappa shape index (κ3) is 6.75. The maximum absolute atomic E-state index is 15.6. The van der Waals surface area contributed by atoms with Crippen molar-refractivity contribution in [3.05, 3.63) is 46.8 Å². The van der Waals surface area contributed by atoms with Gasteiger partial charge in [-0.1, -0.05) is 37.1 Å². The summed E-state index contributed by atoms with van der Waals surface area (Å²) < 4.78 is 55.7. The molecule has 0 radical (unpaired) electrons. The molecule has 4 rings (SSSR count). The highest BCUT2D eigenvalue weighted by atomic mass is 19.3. The molecular formula is C31H45F3O2. The number of hydrogen-bond acceptors (Lipinski definition) is 2. The van der Waals surface area contributed by atoms with E-state index in [2.05, 4.69) is 19.1 Å². The third-order valence-electron chi connectivity index (χ3n) is 9.17. The smallest absolute Gasteiger partial charge is 0.266 e. The van der Waals surface area contributed by atoms with Crippen LogP contribution in [0.3, 0.4) is 0 Å². The van der Waals surface area contributed by atoms with Gasteiger partial charge in [0, 0.05) is 12.2 Å². The van der Waals surface area contributed by atoms with Crippen molar-refractivity contribution in [1.82, 2.24) is 0 Å². The van der Waals surface area contributed by atoms with Gasteiger partial charge >= 0.3 is 0 Å². The first-order valence-electron chi connectivity index (χ1n) is 14.5. The van der Waals surface area contributed by atoms with Crippen LogP contribution in [0.4, 0.5) is 13.2 Å². The molecule has 0 spiro atoms. The Bertz CT molecular complexity index is 830. The van der Waals surface area contributed by atoms with Crippen molar-refractivity contribution < 1.29 is 22.6 Å². The molecule has 2 atom stereocenters. The van der Waals surface area contributed by atoms with Gasteiger partial charge in [-0.15, -0.1) is 0 Å². The second kappa shape index (κ2) is 13.5. The summed E-state index contributed by atoms with van der Waals surface area (Å²) in [5, 5.41) is 0. The monoisotopic (exact) mass is 506 g/mol. The molecule has 2 aliphatic carbocycles. The fraction of sp³-hybridized carbons (Fsp3) is 0.742. The first-order valence-corrected chi connectivity index (χ1v) is 14.5. The summed E-state index contributed by atoms with van der Waals surface area (Å²) >= 11 is 0. The molecule has 0 aromatic heterocycles. The van der Waals surface area contributed by atoms with Crippen LogP contribution in [0.5, 0.6) is 0 Å². The Balaban J connectivity index is 1.34. The summed E-state index contributed by atoms with van der Waals surface area (Å²) in [5.74, 6) is 1.26. The summed E-state index contributed by atoms with van der Waals surface area (Å²) in [6.45, 7) is 5.34. The Kier molecular flexibility index (Phi) is 10.4. The molecule has 0 amide bonds. The van der Waals surface area contributed by atoms with Gasteiger partial charge in [-0.3, -0.25) is 0 Å². The Morgan fingerprint density at radius 1 is 0.944 bits per heavy atom. The molecule has 1 heterocycles. The summed E-state index contributed by atoms with van der Waals surface area (Å²) in [6, 6.07) is 3.49. The van der Waals surface area contributed by atoms with E-state index in [9.17, 15) is 8.78 Å². The van der Waals surface area contributed by atoms with Gasteiger partial charge < -0.3 is 9.47 Å². The second-order valence-corrected chi connectivity index (χ2v) is 11.3. The van der Waals surface area contributed by atoms with Crippen molar-refractivity contribution in [1.29, 1.82) is 0 Å². The first kappa shape index (κ1) is 27.7. The van der Waals surface area contributed by atoms with Crippen LogP contribution in [-0.4, -0.2) is 19.3 Å². The lowest BCUT2D eigenvalue weighted by Crippen LogP contribution is -2.30. The zero-order valence-corrected chi connectivity index (χ0v) is 22.2. The minimum absolute atomic E-state index is 0.0287. The molecule has 36 heavy (non-hydrogen) atoms. The van der Waals surface area contributed by atoms with Gasteiger partial charge in [0.05, 0.1) is 24.4 Å². The molecule has 1 aromatic carbocycles. The molecule has 3 aliphatic rings. The average molecular weight is 507 g/mol. The number of allylic oxidation sites excluding steroid dienone is 2. The Morgan fingerprint density at radius 3 is 2.25 bits per heavy atom. The fourth-order valence-electron chi connectivity index (χ4n) is 7.06. The molecule has 3 fully saturated rings. The molecule has 5 heteroatoms. The maximum atomic E-state index is 15.6. The van der Waals surface area contributed by atoms with Crippen molar-refractivity contribution in [3.63, 3.8) is 0 Å². The van der Waals surface area contributed by atoms with Crippen molar-refractivity contribution in [2.24, 2.45) is 17.8 Å². The van der Waals surface area contributed by atoms with E-state index in [-0.39, 0.29) is 12.0 Å². The van der Waals surface area contributed by atoms with Crippen LogP contribution in [0.15, 0.2) is 24.3 Å². The van der Waals surface area contributed by atoms with Crippen molar-refractivity contribution in [2.75, 3.05) is 13.2 Å². The molecule has 202 valence electrons. The lowest BCUT2D eigenvalue weighted by Gasteiger charge is -2.38. The number of ether oxygens (including phenoxy) is 2. The molecule has 2 nitrogen and oxygen atoms in total. The number of halogens is 3. The SMILES string of the molecule is C/C=C/CCC1CCC(C2CCC(c3ccc(C4CCC(OCC)CC4)c(C(F)F)c3F)OC2)CC1. The van der Waals surface area contributed by atoms with Gasteiger partial charge in [-0.05, 0) is 107 Å². The van der Waals surface area contributed by atoms with E-state index in [0.717, 1.165) is 38.0 Å². The standard InChI is InChI=1S/C31H45F3O2/c1-3-5-6-7-21-8-10-22(11-9-21)24-14-19-28(36-20-24)27-18-17-26(29(30(27)32)31(33)34)23-12-15-25(16-13-23)35-4-2/h3,5,17-18,21-25,28,31H,4,6-16,19-20H2,1-2H3/b5-3+. The van der Waals surface area contributed by atoms with Gasteiger partial charge in [0.1, 0.15) is 5.82 Å². The molecule has 0 bridgehead atoms. The van der Waals surface area contributed by atoms with Crippen LogP contribution in [0.25, 0.3) is 0 Å². The number of rotatable bonds is 9. The minimum Gasteiger partial charge on any atom is -0.379 e. The third-order valence-corrected chi connectivity index (χ3v) is 9.17. The molecule has 2 saturated carbocycles. The number of alkyl halides is 2. The zero-order chi connectivity index (χ0) is 25.5. The van der Waals surface area contributed by atoms with Crippen LogP contribution in [0.1, 0.15) is 126 Å². The quantitative estimate of drug-likeness (QED) is 0.311. The Morgan fingerprint density at radius 2 is 1.64 bits per heavy atom. The average Bonchev–Trinajstić information content (AvgIpc) is 2.90. The van der Waals surface area contributed by atoms with Crippen LogP contribution < -0.4 is 0 Å². The highest BCUT2D eigenvalue weighted by molar-refractivity contribution is 5.38. The van der Waals surface area contributed by atoms with E-state index in [1.807, 2.05) is 6.92 Å². The molecule has 1 aliphatic heterocycles. The van der Waals surface area contributed by atoms with Crippen LogP contribution in [0, 0.1) is 23.6 Å².